The minimum Gasteiger partial charge on any atom is -0.379 e. The summed E-state index contributed by atoms with van der Waals surface area (Å²) >= 11 is 0. The second kappa shape index (κ2) is 5.45. The molecule has 0 bridgehead atoms. The molecule has 0 saturated carbocycles. The van der Waals surface area contributed by atoms with Gasteiger partial charge < -0.3 is 5.32 Å². The quantitative estimate of drug-likeness (QED) is 0.665. The van der Waals surface area contributed by atoms with E-state index in [0.717, 1.165) is 28.8 Å². The van der Waals surface area contributed by atoms with Crippen LogP contribution in [0, 0.1) is 6.92 Å². The smallest absolute Gasteiger partial charge is 0.187 e. The summed E-state index contributed by atoms with van der Waals surface area (Å²) in [6.07, 6.45) is 2.68. The molecular weight excluding hydrogens is 270 g/mol. The van der Waals surface area contributed by atoms with Crippen molar-refractivity contribution in [3.05, 3.63) is 76.9 Å². The number of fused-ring (bicyclic) bond motifs is 1. The average molecular weight is 291 g/mol. The summed E-state index contributed by atoms with van der Waals surface area (Å²) < 4.78 is 0. The molecule has 0 amide bonds. The topological polar surface area (TPSA) is 29.1 Å². The number of benzene rings is 2. The van der Waals surface area contributed by atoms with Crippen LogP contribution in [0.5, 0.6) is 0 Å². The van der Waals surface area contributed by atoms with E-state index < -0.39 is 0 Å². The second-order valence-corrected chi connectivity index (χ2v) is 6.63. The van der Waals surface area contributed by atoms with Crippen LogP contribution in [0.1, 0.15) is 40.9 Å². The van der Waals surface area contributed by atoms with Crippen LogP contribution >= 0.6 is 0 Å². The zero-order valence-electron chi connectivity index (χ0n) is 13.3. The van der Waals surface area contributed by atoms with E-state index in [-0.39, 0.29) is 11.3 Å². The van der Waals surface area contributed by atoms with Crippen molar-refractivity contribution in [2.45, 2.75) is 32.7 Å². The van der Waals surface area contributed by atoms with Gasteiger partial charge in [0.15, 0.2) is 5.78 Å². The first-order valence-electron chi connectivity index (χ1n) is 7.64. The van der Waals surface area contributed by atoms with Gasteiger partial charge in [0.2, 0.25) is 0 Å². The maximum atomic E-state index is 12.5. The Kier molecular flexibility index (Phi) is 3.61. The number of nitrogens with one attached hydrogen (secondary N) is 1. The summed E-state index contributed by atoms with van der Waals surface area (Å²) in [6, 6.07) is 16.0. The Morgan fingerprint density at radius 3 is 2.50 bits per heavy atom. The molecule has 0 radical (unpaired) electrons. The van der Waals surface area contributed by atoms with Crippen LogP contribution in [0.4, 0.5) is 0 Å². The molecule has 3 rings (SSSR count). The number of rotatable bonds is 2. The molecule has 0 aromatic heterocycles. The van der Waals surface area contributed by atoms with Crippen molar-refractivity contribution in [1.29, 1.82) is 0 Å². The Bertz CT molecular complexity index is 739. The molecule has 2 aromatic rings. The maximum absolute atomic E-state index is 12.5. The van der Waals surface area contributed by atoms with E-state index in [2.05, 4.69) is 37.4 Å². The van der Waals surface area contributed by atoms with Gasteiger partial charge in [0.05, 0.1) is 0 Å². The summed E-state index contributed by atoms with van der Waals surface area (Å²) in [7, 11) is 0. The Morgan fingerprint density at radius 1 is 1.09 bits per heavy atom. The molecule has 2 heteroatoms. The summed E-state index contributed by atoms with van der Waals surface area (Å²) in [5.74, 6) is 0.0370. The summed E-state index contributed by atoms with van der Waals surface area (Å²) in [4.78, 5) is 12.5. The molecule has 1 aliphatic rings. The fraction of sp³-hybridized carbons (Fsp3) is 0.250. The molecule has 1 heterocycles. The predicted molar refractivity (Wildman–Crippen MR) is 90.8 cm³/mol. The largest absolute Gasteiger partial charge is 0.379 e. The summed E-state index contributed by atoms with van der Waals surface area (Å²) in [5.41, 5.74) is 5.16. The third-order valence-electron chi connectivity index (χ3n) is 4.02. The molecule has 0 atom stereocenters. The maximum Gasteiger partial charge on any atom is 0.187 e. The molecule has 0 spiro atoms. The van der Waals surface area contributed by atoms with Crippen molar-refractivity contribution in [3.8, 4) is 0 Å². The molecule has 0 aliphatic carbocycles. The zero-order chi connectivity index (χ0) is 15.7. The number of hydrogen-bond acceptors (Lipinski definition) is 2. The fourth-order valence-corrected chi connectivity index (χ4v) is 2.94. The van der Waals surface area contributed by atoms with Crippen LogP contribution in [0.15, 0.2) is 54.6 Å². The van der Waals surface area contributed by atoms with Crippen LogP contribution in [0.25, 0.3) is 5.70 Å². The summed E-state index contributed by atoms with van der Waals surface area (Å²) in [5, 5.41) is 3.50. The lowest BCUT2D eigenvalue weighted by Gasteiger charge is -2.35. The Morgan fingerprint density at radius 2 is 1.77 bits per heavy atom. The molecule has 0 unspecified atom stereocenters. The van der Waals surface area contributed by atoms with Gasteiger partial charge in [-0.1, -0.05) is 54.1 Å². The van der Waals surface area contributed by atoms with Gasteiger partial charge in [-0.25, -0.2) is 0 Å². The number of hydrogen-bond donors (Lipinski definition) is 1. The van der Waals surface area contributed by atoms with Crippen molar-refractivity contribution in [3.63, 3.8) is 0 Å². The van der Waals surface area contributed by atoms with E-state index >= 15 is 0 Å². The van der Waals surface area contributed by atoms with Gasteiger partial charge >= 0.3 is 0 Å². The van der Waals surface area contributed by atoms with E-state index in [9.17, 15) is 4.79 Å². The summed E-state index contributed by atoms with van der Waals surface area (Å²) in [6.45, 7) is 6.34. The lowest BCUT2D eigenvalue weighted by Crippen LogP contribution is -2.43. The highest BCUT2D eigenvalue weighted by atomic mass is 16.1. The van der Waals surface area contributed by atoms with Crippen molar-refractivity contribution in [1.82, 2.24) is 5.32 Å². The van der Waals surface area contributed by atoms with Crippen LogP contribution in [-0.4, -0.2) is 11.3 Å². The number of aryl methyl sites for hydroxylation is 1. The molecular formula is C20H21NO. The van der Waals surface area contributed by atoms with Crippen LogP contribution in [-0.2, 0) is 6.42 Å². The number of carbonyl (C=O) groups is 1. The second-order valence-electron chi connectivity index (χ2n) is 6.63. The van der Waals surface area contributed by atoms with Gasteiger partial charge in [0.1, 0.15) is 0 Å². The lowest BCUT2D eigenvalue weighted by molar-refractivity contribution is 0.104. The molecule has 0 fully saturated rings. The molecule has 0 saturated heterocycles. The lowest BCUT2D eigenvalue weighted by atomic mass is 9.85. The molecule has 2 nitrogen and oxygen atoms in total. The average Bonchev–Trinajstić information content (AvgIpc) is 2.46. The van der Waals surface area contributed by atoms with E-state index in [4.69, 9.17) is 0 Å². The molecule has 1 aliphatic heterocycles. The zero-order valence-corrected chi connectivity index (χ0v) is 13.3. The Hall–Kier alpha value is -2.35. The van der Waals surface area contributed by atoms with E-state index in [1.54, 1.807) is 6.08 Å². The van der Waals surface area contributed by atoms with Crippen LogP contribution in [0.3, 0.4) is 0 Å². The van der Waals surface area contributed by atoms with Crippen LogP contribution in [0.2, 0.25) is 0 Å². The third kappa shape index (κ3) is 2.96. The Labute approximate surface area is 131 Å². The van der Waals surface area contributed by atoms with Gasteiger partial charge in [-0.3, -0.25) is 4.79 Å². The number of carbonyl (C=O) groups excluding carboxylic acids is 1. The first-order chi connectivity index (χ1) is 10.4. The van der Waals surface area contributed by atoms with Gasteiger partial charge in [0.25, 0.3) is 0 Å². The SMILES string of the molecule is Cc1ccc(C(=O)/C=C2\NC(C)(C)Cc3ccccc32)cc1. The highest BCUT2D eigenvalue weighted by Gasteiger charge is 2.27. The van der Waals surface area contributed by atoms with Gasteiger partial charge in [-0.05, 0) is 32.8 Å². The third-order valence-corrected chi connectivity index (χ3v) is 4.02. The minimum atomic E-state index is -0.0479. The van der Waals surface area contributed by atoms with Gasteiger partial charge in [0, 0.05) is 28.4 Å². The van der Waals surface area contributed by atoms with Crippen molar-refractivity contribution in [2.75, 3.05) is 0 Å². The molecule has 22 heavy (non-hydrogen) atoms. The molecule has 1 N–H and O–H groups in total. The van der Waals surface area contributed by atoms with Crippen LogP contribution < -0.4 is 5.32 Å². The Balaban J connectivity index is 1.99. The van der Waals surface area contributed by atoms with E-state index in [1.165, 1.54) is 5.56 Å². The normalized spacial score (nSPS) is 17.7. The number of allylic oxidation sites excluding steroid dienone is 1. The fourth-order valence-electron chi connectivity index (χ4n) is 2.94. The number of ketones is 1. The van der Waals surface area contributed by atoms with Crippen molar-refractivity contribution in [2.24, 2.45) is 0 Å². The predicted octanol–water partition coefficient (Wildman–Crippen LogP) is 4.14. The van der Waals surface area contributed by atoms with Gasteiger partial charge in [-0.15, -0.1) is 0 Å². The molecule has 112 valence electrons. The first-order valence-corrected chi connectivity index (χ1v) is 7.64. The van der Waals surface area contributed by atoms with E-state index in [0.29, 0.717) is 0 Å². The minimum absolute atomic E-state index is 0.0370. The standard InChI is InChI=1S/C20H21NO/c1-14-8-10-15(11-9-14)19(22)12-18-17-7-5-4-6-16(17)13-20(2,3)21-18/h4-12,21H,13H2,1-3H3/b18-12-. The molecule has 2 aromatic carbocycles. The first kappa shape index (κ1) is 14.6. The van der Waals surface area contributed by atoms with Gasteiger partial charge in [-0.2, -0.15) is 0 Å². The monoisotopic (exact) mass is 291 g/mol. The highest BCUT2D eigenvalue weighted by Crippen LogP contribution is 2.29. The van der Waals surface area contributed by atoms with E-state index in [1.807, 2.05) is 37.3 Å². The highest BCUT2D eigenvalue weighted by molar-refractivity contribution is 6.08. The van der Waals surface area contributed by atoms with Crippen molar-refractivity contribution >= 4 is 11.5 Å². The van der Waals surface area contributed by atoms with Crippen molar-refractivity contribution < 1.29 is 4.79 Å².